The first-order valence-electron chi connectivity index (χ1n) is 7.69. The average molecular weight is 292 g/mol. The first-order valence-corrected chi connectivity index (χ1v) is 7.69. The Morgan fingerprint density at radius 1 is 1.24 bits per heavy atom. The number of β-amino-alcohol motifs (C(OH)–C–C–N with tert-alkyl or cyclic N) is 1. The number of aromatic nitrogens is 1. The second-order valence-corrected chi connectivity index (χ2v) is 6.86. The van der Waals surface area contributed by atoms with Crippen molar-refractivity contribution in [3.8, 4) is 0 Å². The maximum Gasteiger partial charge on any atom is 0.129 e. The zero-order chi connectivity index (χ0) is 15.5. The maximum atomic E-state index is 10.3. The lowest BCUT2D eigenvalue weighted by molar-refractivity contribution is 0.159. The van der Waals surface area contributed by atoms with E-state index in [2.05, 4.69) is 47.9 Å². The molecule has 2 rings (SSSR count). The number of pyridine rings is 1. The molecule has 0 bridgehead atoms. The summed E-state index contributed by atoms with van der Waals surface area (Å²) in [6.07, 6.45) is -0.573. The quantitative estimate of drug-likeness (QED) is 0.875. The average Bonchev–Trinajstić information content (AvgIpc) is 2.45. The number of aliphatic hydroxyl groups is 1. The molecule has 21 heavy (non-hydrogen) atoms. The first kappa shape index (κ1) is 16.2. The van der Waals surface area contributed by atoms with Crippen LogP contribution >= 0.6 is 0 Å². The number of hydrogen-bond acceptors (Lipinski definition) is 5. The number of rotatable bonds is 4. The standard InChI is InChI=1S/C16H28N4O/c1-16(2,3)17-12-14(21)13-6-5-7-15(18-13)20-10-8-19(4)9-11-20/h5-7,14,17,21H,8-12H2,1-4H3/t14-/m0/s1. The number of hydrogen-bond donors (Lipinski definition) is 2. The molecule has 0 radical (unpaired) electrons. The number of piperazine rings is 1. The molecule has 5 nitrogen and oxygen atoms in total. The predicted octanol–water partition coefficient (Wildman–Crippen LogP) is 1.25. The molecule has 1 fully saturated rings. The number of aliphatic hydroxyl groups excluding tert-OH is 1. The molecule has 1 aromatic heterocycles. The summed E-state index contributed by atoms with van der Waals surface area (Å²) in [4.78, 5) is 9.25. The zero-order valence-corrected chi connectivity index (χ0v) is 13.6. The highest BCUT2D eigenvalue weighted by Gasteiger charge is 2.18. The van der Waals surface area contributed by atoms with Gasteiger partial charge in [0.05, 0.1) is 5.69 Å². The van der Waals surface area contributed by atoms with E-state index in [0.29, 0.717) is 6.54 Å². The third kappa shape index (κ3) is 4.95. The van der Waals surface area contributed by atoms with Crippen molar-refractivity contribution in [1.29, 1.82) is 0 Å². The molecule has 0 saturated carbocycles. The molecule has 1 aliphatic heterocycles. The van der Waals surface area contributed by atoms with Gasteiger partial charge in [-0.1, -0.05) is 6.07 Å². The second-order valence-electron chi connectivity index (χ2n) is 6.86. The van der Waals surface area contributed by atoms with Crippen LogP contribution in [0.1, 0.15) is 32.6 Å². The summed E-state index contributed by atoms with van der Waals surface area (Å²) in [5, 5.41) is 13.6. The van der Waals surface area contributed by atoms with Crippen LogP contribution < -0.4 is 10.2 Å². The Labute approximate surface area is 128 Å². The van der Waals surface area contributed by atoms with Gasteiger partial charge in [0, 0.05) is 38.3 Å². The summed E-state index contributed by atoms with van der Waals surface area (Å²) in [5.41, 5.74) is 0.735. The molecule has 2 N–H and O–H groups in total. The van der Waals surface area contributed by atoms with E-state index in [1.807, 2.05) is 18.2 Å². The number of nitrogens with zero attached hydrogens (tertiary/aromatic N) is 3. The number of nitrogens with one attached hydrogen (secondary N) is 1. The third-order valence-electron chi connectivity index (χ3n) is 3.75. The van der Waals surface area contributed by atoms with E-state index in [9.17, 15) is 5.11 Å². The highest BCUT2D eigenvalue weighted by molar-refractivity contribution is 5.40. The van der Waals surface area contributed by atoms with Gasteiger partial charge in [-0.15, -0.1) is 0 Å². The van der Waals surface area contributed by atoms with Gasteiger partial charge in [-0.05, 0) is 40.0 Å². The monoisotopic (exact) mass is 292 g/mol. The van der Waals surface area contributed by atoms with Gasteiger partial charge in [0.25, 0.3) is 0 Å². The van der Waals surface area contributed by atoms with Crippen molar-refractivity contribution < 1.29 is 5.11 Å². The van der Waals surface area contributed by atoms with Gasteiger partial charge in [0.2, 0.25) is 0 Å². The third-order valence-corrected chi connectivity index (χ3v) is 3.75. The van der Waals surface area contributed by atoms with Crippen molar-refractivity contribution in [3.05, 3.63) is 23.9 Å². The topological polar surface area (TPSA) is 51.6 Å². The summed E-state index contributed by atoms with van der Waals surface area (Å²) in [6.45, 7) is 10.9. The minimum Gasteiger partial charge on any atom is -0.385 e. The molecule has 1 aromatic rings. The van der Waals surface area contributed by atoms with E-state index in [0.717, 1.165) is 37.7 Å². The second kappa shape index (κ2) is 6.73. The van der Waals surface area contributed by atoms with E-state index in [-0.39, 0.29) is 5.54 Å². The Morgan fingerprint density at radius 2 is 1.90 bits per heavy atom. The molecule has 2 heterocycles. The zero-order valence-electron chi connectivity index (χ0n) is 13.6. The van der Waals surface area contributed by atoms with Gasteiger partial charge < -0.3 is 20.2 Å². The molecule has 1 aliphatic rings. The largest absolute Gasteiger partial charge is 0.385 e. The fraction of sp³-hybridized carbons (Fsp3) is 0.688. The fourth-order valence-electron chi connectivity index (χ4n) is 2.34. The summed E-state index contributed by atoms with van der Waals surface area (Å²) < 4.78 is 0. The van der Waals surface area contributed by atoms with Crippen LogP contribution in [0, 0.1) is 0 Å². The molecule has 0 aromatic carbocycles. The van der Waals surface area contributed by atoms with Gasteiger partial charge in [-0.2, -0.15) is 0 Å². The molecular weight excluding hydrogens is 264 g/mol. The lowest BCUT2D eigenvalue weighted by Gasteiger charge is -2.33. The van der Waals surface area contributed by atoms with Crippen LogP contribution in [-0.4, -0.2) is 60.3 Å². The van der Waals surface area contributed by atoms with Crippen molar-refractivity contribution in [2.24, 2.45) is 0 Å². The smallest absolute Gasteiger partial charge is 0.129 e. The van der Waals surface area contributed by atoms with Crippen molar-refractivity contribution in [1.82, 2.24) is 15.2 Å². The lowest BCUT2D eigenvalue weighted by atomic mass is 10.1. The number of anilines is 1. The van der Waals surface area contributed by atoms with Crippen molar-refractivity contribution in [2.75, 3.05) is 44.7 Å². The van der Waals surface area contributed by atoms with Crippen molar-refractivity contribution in [3.63, 3.8) is 0 Å². The minimum absolute atomic E-state index is 0.00392. The normalized spacial score (nSPS) is 18.8. The molecule has 0 amide bonds. The van der Waals surface area contributed by atoms with Crippen LogP contribution in [0.15, 0.2) is 18.2 Å². The molecule has 0 unspecified atom stereocenters. The van der Waals surface area contributed by atoms with Crippen LogP contribution in [-0.2, 0) is 0 Å². The SMILES string of the molecule is CN1CCN(c2cccc([C@@H](O)CNC(C)(C)C)n2)CC1. The predicted molar refractivity (Wildman–Crippen MR) is 86.7 cm³/mol. The molecule has 1 atom stereocenters. The van der Waals surface area contributed by atoms with Gasteiger partial charge in [-0.3, -0.25) is 0 Å². The van der Waals surface area contributed by atoms with E-state index >= 15 is 0 Å². The summed E-state index contributed by atoms with van der Waals surface area (Å²) in [6, 6.07) is 5.91. The van der Waals surface area contributed by atoms with Gasteiger partial charge >= 0.3 is 0 Å². The molecule has 1 saturated heterocycles. The molecule has 0 aliphatic carbocycles. The van der Waals surface area contributed by atoms with Crippen LogP contribution in [0.3, 0.4) is 0 Å². The number of likely N-dealkylation sites (N-methyl/N-ethyl adjacent to an activating group) is 1. The minimum atomic E-state index is -0.573. The molecule has 118 valence electrons. The summed E-state index contributed by atoms with van der Waals surface area (Å²) >= 11 is 0. The lowest BCUT2D eigenvalue weighted by Crippen LogP contribution is -2.45. The van der Waals surface area contributed by atoms with Crippen LogP contribution in [0.4, 0.5) is 5.82 Å². The molecule has 5 heteroatoms. The van der Waals surface area contributed by atoms with Gasteiger partial charge in [-0.25, -0.2) is 4.98 Å². The van der Waals surface area contributed by atoms with Gasteiger partial charge in [0.15, 0.2) is 0 Å². The maximum absolute atomic E-state index is 10.3. The summed E-state index contributed by atoms with van der Waals surface area (Å²) in [5.74, 6) is 0.968. The van der Waals surface area contributed by atoms with E-state index in [4.69, 9.17) is 0 Å². The fourth-order valence-corrected chi connectivity index (χ4v) is 2.34. The Kier molecular flexibility index (Phi) is 5.19. The van der Waals surface area contributed by atoms with Crippen LogP contribution in [0.2, 0.25) is 0 Å². The van der Waals surface area contributed by atoms with Crippen LogP contribution in [0.25, 0.3) is 0 Å². The van der Waals surface area contributed by atoms with E-state index in [1.54, 1.807) is 0 Å². The van der Waals surface area contributed by atoms with Crippen LogP contribution in [0.5, 0.6) is 0 Å². The Balaban J connectivity index is 2.00. The molecule has 0 spiro atoms. The van der Waals surface area contributed by atoms with Crippen molar-refractivity contribution >= 4 is 5.82 Å². The summed E-state index contributed by atoms with van der Waals surface area (Å²) in [7, 11) is 2.14. The highest BCUT2D eigenvalue weighted by atomic mass is 16.3. The van der Waals surface area contributed by atoms with E-state index < -0.39 is 6.10 Å². The highest BCUT2D eigenvalue weighted by Crippen LogP contribution is 2.17. The van der Waals surface area contributed by atoms with Crippen molar-refractivity contribution in [2.45, 2.75) is 32.4 Å². The van der Waals surface area contributed by atoms with Gasteiger partial charge in [0.1, 0.15) is 11.9 Å². The Bertz CT molecular complexity index is 450. The Hall–Kier alpha value is -1.17. The first-order chi connectivity index (χ1) is 9.85. The molecular formula is C16H28N4O. The van der Waals surface area contributed by atoms with E-state index in [1.165, 1.54) is 0 Å². The Morgan fingerprint density at radius 3 is 2.52 bits per heavy atom.